The Morgan fingerprint density at radius 2 is 1.94 bits per heavy atom. The molecular formula is C15H23NO. The molecule has 1 aliphatic carbocycles. The van der Waals surface area contributed by atoms with Gasteiger partial charge in [0.05, 0.1) is 5.60 Å². The van der Waals surface area contributed by atoms with E-state index in [1.807, 2.05) is 0 Å². The maximum atomic E-state index is 6.44. The predicted molar refractivity (Wildman–Crippen MR) is 71.0 cm³/mol. The number of nitrogens with two attached hydrogens (primary N) is 1. The van der Waals surface area contributed by atoms with Crippen LogP contribution in [-0.4, -0.2) is 12.7 Å². The van der Waals surface area contributed by atoms with Gasteiger partial charge >= 0.3 is 0 Å². The molecule has 0 bridgehead atoms. The molecule has 0 amide bonds. The summed E-state index contributed by atoms with van der Waals surface area (Å²) in [6.07, 6.45) is 4.38. The molecule has 2 heteroatoms. The Hall–Kier alpha value is -0.860. The van der Waals surface area contributed by atoms with Gasteiger partial charge in [0.1, 0.15) is 0 Å². The number of hydrogen-bond acceptors (Lipinski definition) is 2. The van der Waals surface area contributed by atoms with E-state index in [-0.39, 0.29) is 11.1 Å². The smallest absolute Gasteiger partial charge is 0.0663 e. The van der Waals surface area contributed by atoms with E-state index in [1.54, 1.807) is 7.11 Å². The molecular weight excluding hydrogens is 210 g/mol. The zero-order chi connectivity index (χ0) is 12.5. The Kier molecular flexibility index (Phi) is 3.28. The van der Waals surface area contributed by atoms with Gasteiger partial charge in [-0.3, -0.25) is 0 Å². The first-order chi connectivity index (χ1) is 7.97. The standard InChI is InChI=1S/C15H23NO/c1-14(2,17-3)11-12-7-4-5-8-13(12)15(16)9-6-10-15/h4-5,7-8H,6,9-11,16H2,1-3H3. The van der Waals surface area contributed by atoms with Gasteiger partial charge in [0.2, 0.25) is 0 Å². The quantitative estimate of drug-likeness (QED) is 0.867. The summed E-state index contributed by atoms with van der Waals surface area (Å²) in [5.74, 6) is 0. The molecule has 2 rings (SSSR count). The highest BCUT2D eigenvalue weighted by Crippen LogP contribution is 2.40. The minimum Gasteiger partial charge on any atom is -0.378 e. The monoisotopic (exact) mass is 233 g/mol. The largest absolute Gasteiger partial charge is 0.378 e. The maximum absolute atomic E-state index is 6.44. The van der Waals surface area contributed by atoms with Gasteiger partial charge in [-0.25, -0.2) is 0 Å². The van der Waals surface area contributed by atoms with E-state index in [2.05, 4.69) is 38.1 Å². The SMILES string of the molecule is COC(C)(C)Cc1ccccc1C1(N)CCC1. The lowest BCUT2D eigenvalue weighted by atomic mass is 9.70. The highest BCUT2D eigenvalue weighted by atomic mass is 16.5. The Balaban J connectivity index is 2.28. The third kappa shape index (κ3) is 2.53. The van der Waals surface area contributed by atoms with Crippen LogP contribution >= 0.6 is 0 Å². The molecule has 1 saturated carbocycles. The Labute approximate surface area is 104 Å². The Bertz CT molecular complexity index is 394. The molecule has 2 N–H and O–H groups in total. The van der Waals surface area contributed by atoms with Crippen molar-refractivity contribution in [2.24, 2.45) is 5.73 Å². The van der Waals surface area contributed by atoms with E-state index in [0.29, 0.717) is 0 Å². The molecule has 1 aromatic rings. The molecule has 17 heavy (non-hydrogen) atoms. The van der Waals surface area contributed by atoms with Gasteiger partial charge in [0, 0.05) is 19.1 Å². The van der Waals surface area contributed by atoms with Gasteiger partial charge in [-0.1, -0.05) is 24.3 Å². The molecule has 1 aliphatic rings. The van der Waals surface area contributed by atoms with Gasteiger partial charge in [0.15, 0.2) is 0 Å². The molecule has 94 valence electrons. The van der Waals surface area contributed by atoms with Gasteiger partial charge in [-0.2, -0.15) is 0 Å². The van der Waals surface area contributed by atoms with Crippen molar-refractivity contribution in [3.8, 4) is 0 Å². The van der Waals surface area contributed by atoms with Crippen molar-refractivity contribution < 1.29 is 4.74 Å². The summed E-state index contributed by atoms with van der Waals surface area (Å²) in [6, 6.07) is 8.54. The number of benzene rings is 1. The second kappa shape index (κ2) is 4.43. The van der Waals surface area contributed by atoms with Crippen molar-refractivity contribution in [1.29, 1.82) is 0 Å². The number of methoxy groups -OCH3 is 1. The minimum absolute atomic E-state index is 0.0829. The lowest BCUT2D eigenvalue weighted by molar-refractivity contribution is 0.0226. The fourth-order valence-electron chi connectivity index (χ4n) is 2.52. The molecule has 0 spiro atoms. The van der Waals surface area contributed by atoms with Crippen LogP contribution in [0.4, 0.5) is 0 Å². The summed E-state index contributed by atoms with van der Waals surface area (Å²) in [5.41, 5.74) is 8.88. The van der Waals surface area contributed by atoms with Crippen molar-refractivity contribution in [2.45, 2.75) is 50.7 Å². The van der Waals surface area contributed by atoms with E-state index < -0.39 is 0 Å². The molecule has 2 nitrogen and oxygen atoms in total. The highest BCUT2D eigenvalue weighted by Gasteiger charge is 2.36. The van der Waals surface area contributed by atoms with Crippen LogP contribution in [0, 0.1) is 0 Å². The Morgan fingerprint density at radius 3 is 2.47 bits per heavy atom. The zero-order valence-corrected chi connectivity index (χ0v) is 11.1. The second-order valence-electron chi connectivity index (χ2n) is 5.81. The van der Waals surface area contributed by atoms with Crippen LogP contribution in [0.5, 0.6) is 0 Å². The lowest BCUT2D eigenvalue weighted by Crippen LogP contribution is -2.44. The lowest BCUT2D eigenvalue weighted by Gasteiger charge is -2.40. The summed E-state index contributed by atoms with van der Waals surface area (Å²) in [6.45, 7) is 4.24. The van der Waals surface area contributed by atoms with E-state index in [0.717, 1.165) is 19.3 Å². The molecule has 0 aliphatic heterocycles. The van der Waals surface area contributed by atoms with Crippen LogP contribution in [0.1, 0.15) is 44.2 Å². The number of hydrogen-bond donors (Lipinski definition) is 1. The van der Waals surface area contributed by atoms with E-state index >= 15 is 0 Å². The normalized spacial score (nSPS) is 18.8. The molecule has 0 unspecified atom stereocenters. The van der Waals surface area contributed by atoms with Crippen molar-refractivity contribution >= 4 is 0 Å². The first-order valence-electron chi connectivity index (χ1n) is 6.39. The predicted octanol–water partition coefficient (Wildman–Crippen LogP) is 2.99. The van der Waals surface area contributed by atoms with Crippen LogP contribution in [0.15, 0.2) is 24.3 Å². The van der Waals surface area contributed by atoms with Crippen LogP contribution in [-0.2, 0) is 16.7 Å². The molecule has 0 radical (unpaired) electrons. The highest BCUT2D eigenvalue weighted by molar-refractivity contribution is 5.36. The number of ether oxygens (including phenoxy) is 1. The first kappa shape index (κ1) is 12.6. The van der Waals surface area contributed by atoms with Crippen LogP contribution < -0.4 is 5.73 Å². The van der Waals surface area contributed by atoms with Crippen LogP contribution in [0.25, 0.3) is 0 Å². The van der Waals surface area contributed by atoms with Gasteiger partial charge in [0.25, 0.3) is 0 Å². The maximum Gasteiger partial charge on any atom is 0.0663 e. The third-order valence-corrected chi connectivity index (χ3v) is 3.97. The molecule has 0 saturated heterocycles. The average Bonchev–Trinajstić information content (AvgIpc) is 2.26. The summed E-state index contributed by atoms with van der Waals surface area (Å²) in [7, 11) is 1.77. The van der Waals surface area contributed by atoms with Gasteiger partial charge < -0.3 is 10.5 Å². The molecule has 0 atom stereocenters. The van der Waals surface area contributed by atoms with Crippen molar-refractivity contribution in [3.63, 3.8) is 0 Å². The van der Waals surface area contributed by atoms with E-state index in [1.165, 1.54) is 17.5 Å². The fourth-order valence-corrected chi connectivity index (χ4v) is 2.52. The van der Waals surface area contributed by atoms with Crippen molar-refractivity contribution in [2.75, 3.05) is 7.11 Å². The van der Waals surface area contributed by atoms with Crippen molar-refractivity contribution in [1.82, 2.24) is 0 Å². The van der Waals surface area contributed by atoms with Crippen LogP contribution in [0.2, 0.25) is 0 Å². The Morgan fingerprint density at radius 1 is 1.29 bits per heavy atom. The first-order valence-corrected chi connectivity index (χ1v) is 6.39. The molecule has 1 fully saturated rings. The van der Waals surface area contributed by atoms with Crippen molar-refractivity contribution in [3.05, 3.63) is 35.4 Å². The van der Waals surface area contributed by atoms with E-state index in [9.17, 15) is 0 Å². The summed E-state index contributed by atoms with van der Waals surface area (Å²) >= 11 is 0. The third-order valence-electron chi connectivity index (χ3n) is 3.97. The minimum atomic E-state index is -0.129. The summed E-state index contributed by atoms with van der Waals surface area (Å²) in [5, 5.41) is 0. The molecule has 0 aromatic heterocycles. The van der Waals surface area contributed by atoms with Crippen LogP contribution in [0.3, 0.4) is 0 Å². The second-order valence-corrected chi connectivity index (χ2v) is 5.81. The topological polar surface area (TPSA) is 35.2 Å². The fraction of sp³-hybridized carbons (Fsp3) is 0.600. The zero-order valence-electron chi connectivity index (χ0n) is 11.1. The summed E-state index contributed by atoms with van der Waals surface area (Å²) in [4.78, 5) is 0. The van der Waals surface area contributed by atoms with Gasteiger partial charge in [-0.15, -0.1) is 0 Å². The average molecular weight is 233 g/mol. The molecule has 0 heterocycles. The van der Waals surface area contributed by atoms with E-state index in [4.69, 9.17) is 10.5 Å². The molecule has 1 aromatic carbocycles. The summed E-state index contributed by atoms with van der Waals surface area (Å²) < 4.78 is 5.52. The number of rotatable bonds is 4. The van der Waals surface area contributed by atoms with Gasteiger partial charge in [-0.05, 0) is 44.2 Å².